The Labute approximate surface area is 233 Å². The molecule has 39 heavy (non-hydrogen) atoms. The van der Waals surface area contributed by atoms with Crippen LogP contribution in [0.4, 0.5) is 4.79 Å². The molecule has 0 aliphatic heterocycles. The molecule has 208 valence electrons. The molecule has 0 bridgehead atoms. The van der Waals surface area contributed by atoms with Gasteiger partial charge in [0.05, 0.1) is 19.1 Å². The molecule has 1 amide bonds. The van der Waals surface area contributed by atoms with Crippen molar-refractivity contribution in [3.05, 3.63) is 96.6 Å². The number of benzene rings is 3. The first-order valence-corrected chi connectivity index (χ1v) is 15.3. The minimum Gasteiger partial charge on any atom is -0.461 e. The maximum atomic E-state index is 12.9. The minimum atomic E-state index is -2.88. The molecule has 0 saturated heterocycles. The van der Waals surface area contributed by atoms with E-state index in [2.05, 4.69) is 50.4 Å². The largest absolute Gasteiger partial charge is 0.461 e. The summed E-state index contributed by atoms with van der Waals surface area (Å²) in [6.45, 7) is 12.2. The van der Waals surface area contributed by atoms with E-state index in [-0.39, 0.29) is 24.7 Å². The SMILES string of the molecule is CC(C)(C)OC(=O)N[C@H](CO[Si](c1ccccc1)(c1ccccc1)C(C)(C)C)CC(=O)OCc1ccccc1. The zero-order chi connectivity index (χ0) is 28.5. The summed E-state index contributed by atoms with van der Waals surface area (Å²) >= 11 is 0. The molecule has 0 heterocycles. The number of amides is 1. The second-order valence-electron chi connectivity index (χ2n) is 11.7. The molecule has 6 nitrogen and oxygen atoms in total. The quantitative estimate of drug-likeness (QED) is 0.265. The van der Waals surface area contributed by atoms with E-state index >= 15 is 0 Å². The van der Waals surface area contributed by atoms with E-state index in [0.717, 1.165) is 15.9 Å². The zero-order valence-corrected chi connectivity index (χ0v) is 24.9. The van der Waals surface area contributed by atoms with Gasteiger partial charge >= 0.3 is 12.1 Å². The maximum Gasteiger partial charge on any atom is 0.407 e. The van der Waals surface area contributed by atoms with Gasteiger partial charge in [0.15, 0.2) is 0 Å². The first-order chi connectivity index (χ1) is 18.4. The third kappa shape index (κ3) is 8.53. The fourth-order valence-electron chi connectivity index (χ4n) is 4.61. The molecule has 3 aromatic carbocycles. The number of ether oxygens (including phenoxy) is 2. The van der Waals surface area contributed by atoms with Crippen molar-refractivity contribution in [3.63, 3.8) is 0 Å². The Kier molecular flexibility index (Phi) is 10.1. The van der Waals surface area contributed by atoms with E-state index in [1.807, 2.05) is 66.7 Å². The van der Waals surface area contributed by atoms with Crippen molar-refractivity contribution in [1.82, 2.24) is 5.32 Å². The van der Waals surface area contributed by atoms with Crippen LogP contribution in [0.5, 0.6) is 0 Å². The molecular formula is C32H41NO5Si. The average molecular weight is 548 g/mol. The summed E-state index contributed by atoms with van der Waals surface area (Å²) < 4.78 is 18.0. The van der Waals surface area contributed by atoms with E-state index in [0.29, 0.717) is 0 Å². The molecule has 0 aromatic heterocycles. The molecular weight excluding hydrogens is 506 g/mol. The average Bonchev–Trinajstić information content (AvgIpc) is 2.88. The van der Waals surface area contributed by atoms with Crippen LogP contribution in [0.15, 0.2) is 91.0 Å². The molecule has 0 fully saturated rings. The Morgan fingerprint density at radius 1 is 0.769 bits per heavy atom. The lowest BCUT2D eigenvalue weighted by Gasteiger charge is -2.43. The maximum absolute atomic E-state index is 12.9. The molecule has 0 unspecified atom stereocenters. The van der Waals surface area contributed by atoms with Gasteiger partial charge < -0.3 is 19.2 Å². The van der Waals surface area contributed by atoms with E-state index in [1.165, 1.54) is 0 Å². The molecule has 0 radical (unpaired) electrons. The van der Waals surface area contributed by atoms with Crippen LogP contribution in [-0.2, 0) is 25.3 Å². The monoisotopic (exact) mass is 547 g/mol. The smallest absolute Gasteiger partial charge is 0.407 e. The predicted molar refractivity (Wildman–Crippen MR) is 158 cm³/mol. The lowest BCUT2D eigenvalue weighted by Crippen LogP contribution is -2.67. The topological polar surface area (TPSA) is 73.9 Å². The third-order valence-corrected chi connectivity index (χ3v) is 11.3. The van der Waals surface area contributed by atoms with Crippen LogP contribution >= 0.6 is 0 Å². The summed E-state index contributed by atoms with van der Waals surface area (Å²) in [5.74, 6) is -0.425. The van der Waals surface area contributed by atoms with Gasteiger partial charge in [-0.15, -0.1) is 0 Å². The summed E-state index contributed by atoms with van der Waals surface area (Å²) in [7, 11) is -2.88. The molecule has 3 rings (SSSR count). The third-order valence-electron chi connectivity index (χ3n) is 6.29. The van der Waals surface area contributed by atoms with Crippen molar-refractivity contribution in [2.45, 2.75) is 71.3 Å². The molecule has 1 N–H and O–H groups in total. The summed E-state index contributed by atoms with van der Waals surface area (Å²) in [5.41, 5.74) is 0.215. The van der Waals surface area contributed by atoms with Crippen LogP contribution < -0.4 is 15.7 Å². The van der Waals surface area contributed by atoms with Gasteiger partial charge in [-0.3, -0.25) is 4.79 Å². The second kappa shape index (κ2) is 13.1. The first-order valence-electron chi connectivity index (χ1n) is 13.3. The minimum absolute atomic E-state index is 0.0513. The van der Waals surface area contributed by atoms with Crippen molar-refractivity contribution < 1.29 is 23.5 Å². The Bertz CT molecular complexity index is 1150. The van der Waals surface area contributed by atoms with E-state index in [9.17, 15) is 9.59 Å². The van der Waals surface area contributed by atoms with E-state index in [1.54, 1.807) is 20.8 Å². The highest BCUT2D eigenvalue weighted by Crippen LogP contribution is 2.36. The van der Waals surface area contributed by atoms with Crippen LogP contribution in [-0.4, -0.2) is 38.6 Å². The van der Waals surface area contributed by atoms with Crippen LogP contribution in [0.2, 0.25) is 5.04 Å². The molecule has 0 aliphatic rings. The summed E-state index contributed by atoms with van der Waals surface area (Å²) in [6.07, 6.45) is -0.654. The highest BCUT2D eigenvalue weighted by molar-refractivity contribution is 6.99. The summed E-state index contributed by atoms with van der Waals surface area (Å²) in [5, 5.41) is 4.85. The number of alkyl carbamates (subject to hydrolysis) is 1. The Hall–Kier alpha value is -3.42. The molecule has 0 spiro atoms. The fourth-order valence-corrected chi connectivity index (χ4v) is 9.22. The summed E-state index contributed by atoms with van der Waals surface area (Å²) in [6, 6.07) is 29.3. The van der Waals surface area contributed by atoms with Crippen LogP contribution in [0, 0.1) is 0 Å². The van der Waals surface area contributed by atoms with Crippen molar-refractivity contribution in [3.8, 4) is 0 Å². The zero-order valence-electron chi connectivity index (χ0n) is 23.9. The van der Waals surface area contributed by atoms with Gasteiger partial charge in [0.1, 0.15) is 12.2 Å². The van der Waals surface area contributed by atoms with E-state index < -0.39 is 32.0 Å². The van der Waals surface area contributed by atoms with Crippen LogP contribution in [0.25, 0.3) is 0 Å². The fraction of sp³-hybridized carbons (Fsp3) is 0.375. The van der Waals surface area contributed by atoms with Gasteiger partial charge in [0.2, 0.25) is 0 Å². The Morgan fingerprint density at radius 3 is 1.72 bits per heavy atom. The highest BCUT2D eigenvalue weighted by Gasteiger charge is 2.50. The van der Waals surface area contributed by atoms with Crippen LogP contribution in [0.1, 0.15) is 53.5 Å². The predicted octanol–water partition coefficient (Wildman–Crippen LogP) is 5.59. The Balaban J connectivity index is 1.89. The van der Waals surface area contributed by atoms with Crippen molar-refractivity contribution in [1.29, 1.82) is 0 Å². The number of esters is 1. The van der Waals surface area contributed by atoms with Gasteiger partial charge in [-0.05, 0) is 41.7 Å². The number of hydrogen-bond donors (Lipinski definition) is 1. The first kappa shape index (κ1) is 30.1. The Morgan fingerprint density at radius 2 is 1.26 bits per heavy atom. The molecule has 3 aromatic rings. The molecule has 1 atom stereocenters. The van der Waals surface area contributed by atoms with Crippen molar-refractivity contribution in [2.24, 2.45) is 0 Å². The summed E-state index contributed by atoms with van der Waals surface area (Å²) in [4.78, 5) is 25.7. The normalized spacial score (nSPS) is 12.9. The molecule has 0 aliphatic carbocycles. The van der Waals surface area contributed by atoms with Crippen molar-refractivity contribution >= 4 is 30.8 Å². The number of rotatable bonds is 10. The number of carbonyl (C=O) groups excluding carboxylic acids is 2. The number of nitrogens with one attached hydrogen (secondary N) is 1. The van der Waals surface area contributed by atoms with Gasteiger partial charge in [-0.25, -0.2) is 4.79 Å². The highest BCUT2D eigenvalue weighted by atomic mass is 28.4. The lowest BCUT2D eigenvalue weighted by molar-refractivity contribution is -0.145. The number of hydrogen-bond acceptors (Lipinski definition) is 5. The van der Waals surface area contributed by atoms with Crippen LogP contribution in [0.3, 0.4) is 0 Å². The number of carbonyl (C=O) groups is 2. The standard InChI is InChI=1S/C32H41NO5Si/c1-31(2,3)38-30(35)33-26(22-29(34)36-23-25-16-10-7-11-17-25)24-37-39(32(4,5)6,27-18-12-8-13-19-27)28-20-14-9-15-21-28/h7-21,26H,22-24H2,1-6H3,(H,33,35)/t26-/m0/s1. The van der Waals surface area contributed by atoms with Gasteiger partial charge in [-0.2, -0.15) is 0 Å². The molecule has 0 saturated carbocycles. The van der Waals surface area contributed by atoms with Crippen molar-refractivity contribution in [2.75, 3.05) is 6.61 Å². The second-order valence-corrected chi connectivity index (χ2v) is 16.0. The molecule has 7 heteroatoms. The van der Waals surface area contributed by atoms with Gasteiger partial charge in [0.25, 0.3) is 8.32 Å². The van der Waals surface area contributed by atoms with Gasteiger partial charge in [-0.1, -0.05) is 112 Å². The van der Waals surface area contributed by atoms with E-state index in [4.69, 9.17) is 13.9 Å². The lowest BCUT2D eigenvalue weighted by atomic mass is 10.2. The van der Waals surface area contributed by atoms with Gasteiger partial charge in [0, 0.05) is 0 Å².